The van der Waals surface area contributed by atoms with Crippen molar-refractivity contribution in [3.05, 3.63) is 28.5 Å². The molecule has 1 amide bonds. The summed E-state index contributed by atoms with van der Waals surface area (Å²) in [6.45, 7) is 3.74. The second-order valence-corrected chi connectivity index (χ2v) is 7.16. The molecular formula is C12H14Cl2FNO3S. The van der Waals surface area contributed by atoms with Gasteiger partial charge in [0, 0.05) is 21.7 Å². The first-order valence-corrected chi connectivity index (χ1v) is 8.64. The standard InChI is InChI=1S/C12H14Cl2FNO3S/c1-3-8(4-2)16-12(17)9-5-7(13)6-10(11(9)15)20(14,18)19/h5-6,8H,3-4H2,1-2H3,(H,16,17). The Morgan fingerprint density at radius 2 is 1.90 bits per heavy atom. The Kier molecular flexibility index (Phi) is 5.79. The molecule has 0 unspecified atom stereocenters. The van der Waals surface area contributed by atoms with Crippen molar-refractivity contribution < 1.29 is 17.6 Å². The van der Waals surface area contributed by atoms with Gasteiger partial charge in [-0.3, -0.25) is 4.79 Å². The highest BCUT2D eigenvalue weighted by Crippen LogP contribution is 2.26. The molecule has 0 aliphatic rings. The van der Waals surface area contributed by atoms with Crippen LogP contribution in [0.5, 0.6) is 0 Å². The lowest BCUT2D eigenvalue weighted by Gasteiger charge is -2.15. The highest BCUT2D eigenvalue weighted by Gasteiger charge is 2.24. The molecule has 0 aliphatic heterocycles. The van der Waals surface area contributed by atoms with Gasteiger partial charge in [0.1, 0.15) is 4.90 Å². The summed E-state index contributed by atoms with van der Waals surface area (Å²) in [5, 5.41) is 2.52. The average Bonchev–Trinajstić information content (AvgIpc) is 2.36. The molecule has 0 saturated carbocycles. The third-order valence-electron chi connectivity index (χ3n) is 2.83. The molecule has 0 atom stereocenters. The summed E-state index contributed by atoms with van der Waals surface area (Å²) < 4.78 is 36.6. The average molecular weight is 342 g/mol. The molecule has 112 valence electrons. The quantitative estimate of drug-likeness (QED) is 0.835. The van der Waals surface area contributed by atoms with E-state index in [1.54, 1.807) is 0 Å². The van der Waals surface area contributed by atoms with Gasteiger partial charge in [-0.2, -0.15) is 0 Å². The van der Waals surface area contributed by atoms with Gasteiger partial charge in [0.2, 0.25) is 0 Å². The molecule has 1 N–H and O–H groups in total. The fraction of sp³-hybridized carbons (Fsp3) is 0.417. The molecule has 0 spiro atoms. The molecule has 0 fully saturated rings. The molecule has 4 nitrogen and oxygen atoms in total. The van der Waals surface area contributed by atoms with Gasteiger partial charge in [0.25, 0.3) is 15.0 Å². The Bertz CT molecular complexity index is 615. The van der Waals surface area contributed by atoms with Crippen LogP contribution in [0.3, 0.4) is 0 Å². The summed E-state index contributed by atoms with van der Waals surface area (Å²) in [7, 11) is 0.796. The van der Waals surface area contributed by atoms with Gasteiger partial charge in [-0.25, -0.2) is 12.8 Å². The van der Waals surface area contributed by atoms with Crippen molar-refractivity contribution in [2.24, 2.45) is 0 Å². The fourth-order valence-electron chi connectivity index (χ4n) is 1.66. The number of nitrogens with one attached hydrogen (secondary N) is 1. The van der Waals surface area contributed by atoms with E-state index in [0.717, 1.165) is 12.1 Å². The third-order valence-corrected chi connectivity index (χ3v) is 4.37. The normalized spacial score (nSPS) is 11.7. The number of hydrogen-bond donors (Lipinski definition) is 1. The Labute approximate surface area is 126 Å². The molecule has 1 aromatic rings. The van der Waals surface area contributed by atoms with Crippen LogP contribution < -0.4 is 5.32 Å². The van der Waals surface area contributed by atoms with Crippen molar-refractivity contribution in [3.8, 4) is 0 Å². The van der Waals surface area contributed by atoms with E-state index < -0.39 is 31.2 Å². The van der Waals surface area contributed by atoms with E-state index in [2.05, 4.69) is 5.32 Å². The third kappa shape index (κ3) is 4.07. The van der Waals surface area contributed by atoms with Gasteiger partial charge in [-0.05, 0) is 25.0 Å². The highest BCUT2D eigenvalue weighted by molar-refractivity contribution is 8.13. The summed E-state index contributed by atoms with van der Waals surface area (Å²) in [4.78, 5) is 11.2. The maximum Gasteiger partial charge on any atom is 0.264 e. The van der Waals surface area contributed by atoms with Crippen molar-refractivity contribution in [1.29, 1.82) is 0 Å². The lowest BCUT2D eigenvalue weighted by atomic mass is 10.1. The van der Waals surface area contributed by atoms with Crippen LogP contribution in [0.4, 0.5) is 4.39 Å². The van der Waals surface area contributed by atoms with Gasteiger partial charge in [0.05, 0.1) is 5.56 Å². The van der Waals surface area contributed by atoms with E-state index >= 15 is 0 Å². The molecule has 0 bridgehead atoms. The molecule has 20 heavy (non-hydrogen) atoms. The first-order valence-electron chi connectivity index (χ1n) is 5.95. The Morgan fingerprint density at radius 3 is 2.35 bits per heavy atom. The summed E-state index contributed by atoms with van der Waals surface area (Å²) in [6.07, 6.45) is 1.34. The number of carbonyl (C=O) groups is 1. The molecule has 0 heterocycles. The minimum atomic E-state index is -4.32. The van der Waals surface area contributed by atoms with Crippen LogP contribution >= 0.6 is 22.3 Å². The second-order valence-electron chi connectivity index (χ2n) is 4.19. The molecule has 0 aromatic heterocycles. The van der Waals surface area contributed by atoms with Crippen LogP contribution in [0.15, 0.2) is 17.0 Å². The molecule has 1 aromatic carbocycles. The maximum absolute atomic E-state index is 14.1. The zero-order chi connectivity index (χ0) is 15.5. The predicted molar refractivity (Wildman–Crippen MR) is 76.3 cm³/mol. The Balaban J connectivity index is 3.26. The lowest BCUT2D eigenvalue weighted by Crippen LogP contribution is -2.34. The Hall–Kier alpha value is -0.850. The summed E-state index contributed by atoms with van der Waals surface area (Å²) in [5.41, 5.74) is -0.441. The van der Waals surface area contributed by atoms with Gasteiger partial charge in [-0.1, -0.05) is 25.4 Å². The van der Waals surface area contributed by atoms with E-state index in [1.165, 1.54) is 0 Å². The number of hydrogen-bond acceptors (Lipinski definition) is 3. The van der Waals surface area contributed by atoms with Gasteiger partial charge < -0.3 is 5.32 Å². The first kappa shape index (κ1) is 17.2. The summed E-state index contributed by atoms with van der Waals surface area (Å²) in [5.74, 6) is -1.92. The molecular weight excluding hydrogens is 328 g/mol. The number of carbonyl (C=O) groups excluding carboxylic acids is 1. The monoisotopic (exact) mass is 341 g/mol. The first-order chi connectivity index (χ1) is 9.20. The van der Waals surface area contributed by atoms with Gasteiger partial charge >= 0.3 is 0 Å². The van der Waals surface area contributed by atoms with Crippen molar-refractivity contribution >= 4 is 37.2 Å². The fourth-order valence-corrected chi connectivity index (χ4v) is 2.87. The lowest BCUT2D eigenvalue weighted by molar-refractivity contribution is 0.0930. The molecule has 1 rings (SSSR count). The van der Waals surface area contributed by atoms with Crippen LogP contribution in [0.2, 0.25) is 5.02 Å². The predicted octanol–water partition coefficient (Wildman–Crippen LogP) is 3.33. The zero-order valence-electron chi connectivity index (χ0n) is 10.9. The topological polar surface area (TPSA) is 63.2 Å². The van der Waals surface area contributed by atoms with Crippen LogP contribution in [0.1, 0.15) is 37.0 Å². The van der Waals surface area contributed by atoms with Gasteiger partial charge in [0.15, 0.2) is 5.82 Å². The van der Waals surface area contributed by atoms with Crippen molar-refractivity contribution in [2.45, 2.75) is 37.6 Å². The minimum Gasteiger partial charge on any atom is -0.349 e. The van der Waals surface area contributed by atoms with E-state index in [4.69, 9.17) is 22.3 Å². The SMILES string of the molecule is CCC(CC)NC(=O)c1cc(Cl)cc(S(=O)(=O)Cl)c1F. The summed E-state index contributed by atoms with van der Waals surface area (Å²) >= 11 is 5.71. The van der Waals surface area contributed by atoms with Crippen LogP contribution in [0.25, 0.3) is 0 Å². The van der Waals surface area contributed by atoms with Crippen molar-refractivity contribution in [1.82, 2.24) is 5.32 Å². The molecule has 8 heteroatoms. The minimum absolute atomic E-state index is 0.0830. The van der Waals surface area contributed by atoms with Crippen LogP contribution in [0, 0.1) is 5.82 Å². The Morgan fingerprint density at radius 1 is 1.35 bits per heavy atom. The van der Waals surface area contributed by atoms with E-state index in [1.807, 2.05) is 13.8 Å². The second kappa shape index (κ2) is 6.74. The van der Waals surface area contributed by atoms with Crippen molar-refractivity contribution in [3.63, 3.8) is 0 Å². The molecule has 0 saturated heterocycles. The van der Waals surface area contributed by atoms with Gasteiger partial charge in [-0.15, -0.1) is 0 Å². The zero-order valence-corrected chi connectivity index (χ0v) is 13.2. The van der Waals surface area contributed by atoms with Crippen LogP contribution in [-0.4, -0.2) is 20.4 Å². The van der Waals surface area contributed by atoms with Crippen LogP contribution in [-0.2, 0) is 9.05 Å². The number of rotatable bonds is 5. The largest absolute Gasteiger partial charge is 0.349 e. The smallest absolute Gasteiger partial charge is 0.264 e. The van der Waals surface area contributed by atoms with E-state index in [-0.39, 0.29) is 11.1 Å². The molecule has 0 aliphatic carbocycles. The van der Waals surface area contributed by atoms with E-state index in [0.29, 0.717) is 12.8 Å². The number of halogens is 3. The number of benzene rings is 1. The van der Waals surface area contributed by atoms with Crippen molar-refractivity contribution in [2.75, 3.05) is 0 Å². The highest BCUT2D eigenvalue weighted by atomic mass is 35.7. The summed E-state index contributed by atoms with van der Waals surface area (Å²) in [6, 6.07) is 1.81. The number of amides is 1. The van der Waals surface area contributed by atoms with E-state index in [9.17, 15) is 17.6 Å². The maximum atomic E-state index is 14.1. The molecule has 0 radical (unpaired) electrons.